The number of carbonyl (C=O) groups is 1. The molecule has 0 radical (unpaired) electrons. The minimum atomic E-state index is -3.64. The lowest BCUT2D eigenvalue weighted by Crippen LogP contribution is -2.50. The third kappa shape index (κ3) is 3.38. The first kappa shape index (κ1) is 17.5. The Labute approximate surface area is 155 Å². The van der Waals surface area contributed by atoms with Crippen molar-refractivity contribution in [2.45, 2.75) is 24.4 Å². The van der Waals surface area contributed by atoms with Gasteiger partial charge in [-0.25, -0.2) is 13.1 Å². The van der Waals surface area contributed by atoms with E-state index in [2.05, 4.69) is 20.5 Å². The lowest BCUT2D eigenvalue weighted by molar-refractivity contribution is 0.101. The van der Waals surface area contributed by atoms with Crippen molar-refractivity contribution < 1.29 is 13.2 Å². The summed E-state index contributed by atoms with van der Waals surface area (Å²) >= 11 is 0. The van der Waals surface area contributed by atoms with Crippen LogP contribution in [-0.2, 0) is 16.6 Å². The number of hydrogen-bond acceptors (Lipinski definition) is 7. The summed E-state index contributed by atoms with van der Waals surface area (Å²) in [5.74, 6) is -0.171. The van der Waals surface area contributed by atoms with Gasteiger partial charge in [0.05, 0.1) is 29.5 Å². The second kappa shape index (κ2) is 6.67. The zero-order valence-electron chi connectivity index (χ0n) is 14.5. The average molecular weight is 387 g/mol. The summed E-state index contributed by atoms with van der Waals surface area (Å²) in [4.78, 5) is 13.1. The number of sulfonamides is 1. The van der Waals surface area contributed by atoms with Crippen LogP contribution in [0.1, 0.15) is 29.0 Å². The number of rotatable bonds is 6. The largest absolute Gasteiger partial charge is 0.295 e. The Morgan fingerprint density at radius 3 is 2.67 bits per heavy atom. The molecule has 0 N–H and O–H groups in total. The molecule has 0 amide bonds. The normalized spacial score (nSPS) is 15.6. The van der Waals surface area contributed by atoms with Gasteiger partial charge in [0, 0.05) is 18.7 Å². The van der Waals surface area contributed by atoms with E-state index in [0.717, 1.165) is 0 Å². The maximum absolute atomic E-state index is 12.7. The molecule has 27 heavy (non-hydrogen) atoms. The zero-order valence-corrected chi connectivity index (χ0v) is 15.3. The summed E-state index contributed by atoms with van der Waals surface area (Å²) in [5, 5.41) is 16.2. The molecule has 0 atom stereocenters. The molecule has 1 aliphatic heterocycles. The zero-order chi connectivity index (χ0) is 19.0. The summed E-state index contributed by atoms with van der Waals surface area (Å²) in [6, 6.07) is 6.01. The lowest BCUT2D eigenvalue weighted by atomic mass is 10.2. The van der Waals surface area contributed by atoms with Crippen molar-refractivity contribution in [3.8, 4) is 0 Å². The van der Waals surface area contributed by atoms with Gasteiger partial charge < -0.3 is 0 Å². The SMILES string of the molecule is CC(=O)c1cccc(S(=O)(=O)N2CC(n3cc(Cn4nccn4)nn3)C2)c1. The highest BCUT2D eigenvalue weighted by atomic mass is 32.2. The molecule has 0 saturated carbocycles. The van der Waals surface area contributed by atoms with E-state index in [0.29, 0.717) is 30.9 Å². The fraction of sp³-hybridized carbons (Fsp3) is 0.312. The molecular formula is C16H17N7O3S. The maximum atomic E-state index is 12.7. The Morgan fingerprint density at radius 2 is 1.96 bits per heavy atom. The van der Waals surface area contributed by atoms with E-state index >= 15 is 0 Å². The van der Waals surface area contributed by atoms with Crippen LogP contribution in [0.2, 0.25) is 0 Å². The van der Waals surface area contributed by atoms with Crippen molar-refractivity contribution in [3.63, 3.8) is 0 Å². The van der Waals surface area contributed by atoms with E-state index in [1.54, 1.807) is 35.4 Å². The van der Waals surface area contributed by atoms with Crippen LogP contribution in [0.3, 0.4) is 0 Å². The number of hydrogen-bond donors (Lipinski definition) is 0. The maximum Gasteiger partial charge on any atom is 0.243 e. The second-order valence-corrected chi connectivity index (χ2v) is 8.25. The van der Waals surface area contributed by atoms with Crippen LogP contribution in [0.4, 0.5) is 0 Å². The first-order valence-electron chi connectivity index (χ1n) is 8.29. The predicted molar refractivity (Wildman–Crippen MR) is 93.4 cm³/mol. The summed E-state index contributed by atoms with van der Waals surface area (Å²) in [6.07, 6.45) is 4.94. The second-order valence-electron chi connectivity index (χ2n) is 6.31. The number of ketones is 1. The molecule has 0 bridgehead atoms. The first-order valence-corrected chi connectivity index (χ1v) is 9.73. The predicted octanol–water partition coefficient (Wildman–Crippen LogP) is 0.366. The van der Waals surface area contributed by atoms with E-state index in [4.69, 9.17) is 0 Å². The highest BCUT2D eigenvalue weighted by molar-refractivity contribution is 7.89. The standard InChI is InChI=1S/C16H17N7O3S/c1-12(24)13-3-2-4-16(7-13)27(25,26)21-10-15(11-21)22-8-14(19-20-22)9-23-17-5-6-18-23/h2-8,15H,9-11H2,1H3. The van der Waals surface area contributed by atoms with Gasteiger partial charge in [-0.05, 0) is 19.1 Å². The molecule has 1 aliphatic rings. The molecule has 3 aromatic rings. The Bertz CT molecular complexity index is 1070. The molecule has 0 unspecified atom stereocenters. The van der Waals surface area contributed by atoms with Crippen LogP contribution in [-0.4, -0.2) is 61.6 Å². The molecule has 1 aromatic carbocycles. The average Bonchev–Trinajstić information content (AvgIpc) is 3.26. The van der Waals surface area contributed by atoms with Gasteiger partial charge in [0.1, 0.15) is 12.2 Å². The van der Waals surface area contributed by atoms with Crippen LogP contribution in [0, 0.1) is 0 Å². The van der Waals surface area contributed by atoms with E-state index in [9.17, 15) is 13.2 Å². The molecule has 11 heteroatoms. The minimum absolute atomic E-state index is 0.0809. The van der Waals surface area contributed by atoms with E-state index < -0.39 is 10.0 Å². The molecule has 0 aliphatic carbocycles. The number of nitrogens with zero attached hydrogens (tertiary/aromatic N) is 7. The van der Waals surface area contributed by atoms with Gasteiger partial charge in [-0.15, -0.1) is 5.10 Å². The Hall–Kier alpha value is -2.92. The monoisotopic (exact) mass is 387 g/mol. The quantitative estimate of drug-likeness (QED) is 0.561. The third-order valence-corrected chi connectivity index (χ3v) is 6.24. The molecule has 0 spiro atoms. The van der Waals surface area contributed by atoms with E-state index in [1.807, 2.05) is 0 Å². The van der Waals surface area contributed by atoms with Gasteiger partial charge in [-0.2, -0.15) is 19.3 Å². The number of carbonyl (C=O) groups excluding carboxylic acids is 1. The van der Waals surface area contributed by atoms with E-state index in [1.165, 1.54) is 28.2 Å². The van der Waals surface area contributed by atoms with Crippen molar-refractivity contribution in [1.29, 1.82) is 0 Å². The summed E-state index contributed by atoms with van der Waals surface area (Å²) < 4.78 is 28.5. The van der Waals surface area contributed by atoms with Crippen molar-refractivity contribution in [2.75, 3.05) is 13.1 Å². The van der Waals surface area contributed by atoms with Crippen LogP contribution in [0.25, 0.3) is 0 Å². The van der Waals surface area contributed by atoms with Crippen molar-refractivity contribution in [3.05, 3.63) is 54.1 Å². The summed E-state index contributed by atoms with van der Waals surface area (Å²) in [7, 11) is -3.64. The number of Topliss-reactive ketones (excluding diaryl/α,β-unsaturated/α-hetero) is 1. The molecule has 1 saturated heterocycles. The van der Waals surface area contributed by atoms with Crippen LogP contribution in [0.15, 0.2) is 47.8 Å². The number of aromatic nitrogens is 6. The Balaban J connectivity index is 1.43. The van der Waals surface area contributed by atoms with Gasteiger partial charge in [0.25, 0.3) is 0 Å². The Kier molecular flexibility index (Phi) is 4.32. The smallest absolute Gasteiger partial charge is 0.243 e. The Morgan fingerprint density at radius 1 is 1.22 bits per heavy atom. The molecular weight excluding hydrogens is 370 g/mol. The number of benzene rings is 1. The van der Waals surface area contributed by atoms with Gasteiger partial charge >= 0.3 is 0 Å². The molecule has 1 fully saturated rings. The van der Waals surface area contributed by atoms with E-state index in [-0.39, 0.29) is 16.7 Å². The van der Waals surface area contributed by atoms with Gasteiger partial charge in [0.15, 0.2) is 5.78 Å². The van der Waals surface area contributed by atoms with Crippen molar-refractivity contribution in [2.24, 2.45) is 0 Å². The van der Waals surface area contributed by atoms with Crippen LogP contribution in [0.5, 0.6) is 0 Å². The molecule has 3 heterocycles. The summed E-state index contributed by atoms with van der Waals surface area (Å²) in [6.45, 7) is 2.41. The topological polar surface area (TPSA) is 116 Å². The molecule has 2 aromatic heterocycles. The first-order chi connectivity index (χ1) is 12.9. The third-order valence-electron chi connectivity index (χ3n) is 4.41. The van der Waals surface area contributed by atoms with Crippen LogP contribution >= 0.6 is 0 Å². The lowest BCUT2D eigenvalue weighted by Gasteiger charge is -2.37. The summed E-state index contributed by atoms with van der Waals surface area (Å²) in [5.41, 5.74) is 1.07. The van der Waals surface area contributed by atoms with Gasteiger partial charge in [-0.1, -0.05) is 17.3 Å². The molecule has 10 nitrogen and oxygen atoms in total. The molecule has 4 rings (SSSR count). The molecule has 140 valence electrons. The highest BCUT2D eigenvalue weighted by Crippen LogP contribution is 2.28. The fourth-order valence-corrected chi connectivity index (χ4v) is 4.40. The minimum Gasteiger partial charge on any atom is -0.295 e. The fourth-order valence-electron chi connectivity index (χ4n) is 2.84. The van der Waals surface area contributed by atoms with Gasteiger partial charge in [-0.3, -0.25) is 4.79 Å². The van der Waals surface area contributed by atoms with Gasteiger partial charge in [0.2, 0.25) is 10.0 Å². The van der Waals surface area contributed by atoms with Crippen molar-refractivity contribution >= 4 is 15.8 Å². The highest BCUT2D eigenvalue weighted by Gasteiger charge is 2.38. The van der Waals surface area contributed by atoms with Crippen molar-refractivity contribution in [1.82, 2.24) is 34.3 Å². The van der Waals surface area contributed by atoms with Crippen LogP contribution < -0.4 is 0 Å².